The fourth-order valence-electron chi connectivity index (χ4n) is 4.85. The molecule has 37 heavy (non-hydrogen) atoms. The van der Waals surface area contributed by atoms with Gasteiger partial charge in [0, 0.05) is 61.0 Å². The SMILES string of the molecule is FC1(F)CCN(Cc2cncc(-c3cnc4[nH]nc(-c5nc6c(-c7ccsc7)ccnc6[nH]5)c4c3)c2)C1. The molecule has 0 bridgehead atoms. The van der Waals surface area contributed by atoms with E-state index in [9.17, 15) is 8.78 Å². The number of aromatic amines is 2. The van der Waals surface area contributed by atoms with Crippen LogP contribution in [0.25, 0.3) is 56.0 Å². The van der Waals surface area contributed by atoms with Crippen LogP contribution in [0.4, 0.5) is 8.78 Å². The molecule has 184 valence electrons. The number of thiophene rings is 1. The van der Waals surface area contributed by atoms with Crippen molar-refractivity contribution >= 4 is 33.5 Å². The van der Waals surface area contributed by atoms with E-state index in [1.165, 1.54) is 0 Å². The molecule has 1 aliphatic rings. The summed E-state index contributed by atoms with van der Waals surface area (Å²) in [5.74, 6) is -2.02. The number of nitrogens with zero attached hydrogens (tertiary/aromatic N) is 6. The number of pyridine rings is 3. The van der Waals surface area contributed by atoms with Crippen molar-refractivity contribution in [1.29, 1.82) is 0 Å². The van der Waals surface area contributed by atoms with Crippen molar-refractivity contribution in [2.24, 2.45) is 0 Å². The summed E-state index contributed by atoms with van der Waals surface area (Å²) in [6.07, 6.45) is 6.90. The molecular formula is C26H20F2N8S. The van der Waals surface area contributed by atoms with Crippen LogP contribution in [0.15, 0.2) is 59.8 Å². The zero-order chi connectivity index (χ0) is 25.0. The minimum atomic E-state index is -2.62. The quantitative estimate of drug-likeness (QED) is 0.314. The molecule has 7 rings (SSSR count). The van der Waals surface area contributed by atoms with Crippen LogP contribution in [0.3, 0.4) is 0 Å². The third-order valence-electron chi connectivity index (χ3n) is 6.64. The Kier molecular flexibility index (Phi) is 5.08. The van der Waals surface area contributed by atoms with Crippen LogP contribution in [0, 0.1) is 0 Å². The highest BCUT2D eigenvalue weighted by molar-refractivity contribution is 7.08. The van der Waals surface area contributed by atoms with Crippen molar-refractivity contribution < 1.29 is 8.78 Å². The molecular weight excluding hydrogens is 494 g/mol. The molecule has 0 saturated carbocycles. The van der Waals surface area contributed by atoms with Gasteiger partial charge in [0.2, 0.25) is 0 Å². The van der Waals surface area contributed by atoms with Crippen molar-refractivity contribution in [3.63, 3.8) is 0 Å². The summed E-state index contributed by atoms with van der Waals surface area (Å²) in [7, 11) is 0. The molecule has 8 nitrogen and oxygen atoms in total. The molecule has 6 aromatic rings. The number of aromatic nitrogens is 7. The first-order valence-corrected chi connectivity index (χ1v) is 12.7. The van der Waals surface area contributed by atoms with Gasteiger partial charge >= 0.3 is 0 Å². The van der Waals surface area contributed by atoms with Crippen LogP contribution in [0.5, 0.6) is 0 Å². The number of imidazole rings is 1. The normalized spacial score (nSPS) is 15.7. The molecule has 0 spiro atoms. The number of hydrogen-bond donors (Lipinski definition) is 2. The number of H-pyrrole nitrogens is 2. The monoisotopic (exact) mass is 514 g/mol. The predicted octanol–water partition coefficient (Wildman–Crippen LogP) is 5.53. The first-order chi connectivity index (χ1) is 18.0. The average Bonchev–Trinajstić information content (AvgIpc) is 3.69. The van der Waals surface area contributed by atoms with Crippen molar-refractivity contribution in [2.75, 3.05) is 13.1 Å². The van der Waals surface area contributed by atoms with Crippen LogP contribution in [0.2, 0.25) is 0 Å². The minimum absolute atomic E-state index is 0.101. The van der Waals surface area contributed by atoms with Crippen molar-refractivity contribution in [2.45, 2.75) is 18.9 Å². The van der Waals surface area contributed by atoms with Crippen LogP contribution >= 0.6 is 11.3 Å². The second kappa shape index (κ2) is 8.49. The molecule has 2 N–H and O–H groups in total. The van der Waals surface area contributed by atoms with Gasteiger partial charge in [0.05, 0.1) is 11.9 Å². The fourth-order valence-corrected chi connectivity index (χ4v) is 5.50. The van der Waals surface area contributed by atoms with Crippen LogP contribution in [-0.4, -0.2) is 59.0 Å². The maximum atomic E-state index is 13.6. The van der Waals surface area contributed by atoms with E-state index in [-0.39, 0.29) is 13.0 Å². The Bertz CT molecular complexity index is 1740. The molecule has 0 amide bonds. The Hall–Kier alpha value is -4.09. The first kappa shape index (κ1) is 22.1. The summed E-state index contributed by atoms with van der Waals surface area (Å²) in [6, 6.07) is 7.99. The van der Waals surface area contributed by atoms with Gasteiger partial charge in [0.15, 0.2) is 17.1 Å². The van der Waals surface area contributed by atoms with Gasteiger partial charge in [-0.3, -0.25) is 15.0 Å². The summed E-state index contributed by atoms with van der Waals surface area (Å²) in [5.41, 5.74) is 7.43. The second-order valence-corrected chi connectivity index (χ2v) is 10.0. The third-order valence-corrected chi connectivity index (χ3v) is 7.32. The van der Waals surface area contributed by atoms with E-state index in [0.29, 0.717) is 35.9 Å². The van der Waals surface area contributed by atoms with E-state index in [2.05, 4.69) is 41.6 Å². The zero-order valence-corrected chi connectivity index (χ0v) is 20.3. The molecule has 1 aliphatic heterocycles. The highest BCUT2D eigenvalue weighted by Gasteiger charge is 2.37. The number of likely N-dealkylation sites (tertiary alicyclic amines) is 1. The first-order valence-electron chi connectivity index (χ1n) is 11.8. The van der Waals surface area contributed by atoms with Gasteiger partial charge in [-0.05, 0) is 46.2 Å². The van der Waals surface area contributed by atoms with Gasteiger partial charge in [-0.15, -0.1) is 0 Å². The van der Waals surface area contributed by atoms with E-state index in [1.807, 2.05) is 23.6 Å². The summed E-state index contributed by atoms with van der Waals surface area (Å²) >= 11 is 1.63. The average molecular weight is 515 g/mol. The third kappa shape index (κ3) is 4.05. The van der Waals surface area contributed by atoms with Gasteiger partial charge < -0.3 is 4.98 Å². The number of hydrogen-bond acceptors (Lipinski definition) is 7. The molecule has 0 aromatic carbocycles. The number of rotatable bonds is 5. The van der Waals surface area contributed by atoms with Crippen LogP contribution in [0.1, 0.15) is 12.0 Å². The van der Waals surface area contributed by atoms with E-state index in [0.717, 1.165) is 38.7 Å². The lowest BCUT2D eigenvalue weighted by atomic mass is 10.1. The Morgan fingerprint density at radius 2 is 1.95 bits per heavy atom. The molecule has 6 aromatic heterocycles. The highest BCUT2D eigenvalue weighted by atomic mass is 32.1. The molecule has 7 heterocycles. The smallest absolute Gasteiger partial charge is 0.261 e. The zero-order valence-electron chi connectivity index (χ0n) is 19.4. The highest BCUT2D eigenvalue weighted by Crippen LogP contribution is 2.33. The minimum Gasteiger partial charge on any atom is -0.321 e. The van der Waals surface area contributed by atoms with E-state index >= 15 is 0 Å². The molecule has 11 heteroatoms. The topological polar surface area (TPSA) is 99.3 Å². The lowest BCUT2D eigenvalue weighted by molar-refractivity contribution is 0.0115. The molecule has 0 unspecified atom stereocenters. The van der Waals surface area contributed by atoms with Gasteiger partial charge in [0.1, 0.15) is 11.2 Å². The predicted molar refractivity (Wildman–Crippen MR) is 138 cm³/mol. The van der Waals surface area contributed by atoms with Gasteiger partial charge in [-0.2, -0.15) is 16.4 Å². The van der Waals surface area contributed by atoms with E-state index < -0.39 is 5.92 Å². The fraction of sp³-hybridized carbons (Fsp3) is 0.192. The van der Waals surface area contributed by atoms with E-state index in [4.69, 9.17) is 4.98 Å². The molecule has 0 aliphatic carbocycles. The maximum absolute atomic E-state index is 13.6. The van der Waals surface area contributed by atoms with Gasteiger partial charge in [-0.25, -0.2) is 23.7 Å². The van der Waals surface area contributed by atoms with E-state index in [1.54, 1.807) is 41.0 Å². The molecule has 0 radical (unpaired) electrons. The second-order valence-electron chi connectivity index (χ2n) is 9.24. The van der Waals surface area contributed by atoms with Gasteiger partial charge in [-0.1, -0.05) is 0 Å². The maximum Gasteiger partial charge on any atom is 0.261 e. The number of fused-ring (bicyclic) bond motifs is 2. The van der Waals surface area contributed by atoms with Gasteiger partial charge in [0.25, 0.3) is 5.92 Å². The summed E-state index contributed by atoms with van der Waals surface area (Å²) in [4.78, 5) is 23.3. The summed E-state index contributed by atoms with van der Waals surface area (Å²) in [5, 5.41) is 12.4. The number of halogens is 2. The van der Waals surface area contributed by atoms with Crippen molar-refractivity contribution in [3.05, 3.63) is 65.4 Å². The summed E-state index contributed by atoms with van der Waals surface area (Å²) < 4.78 is 27.2. The van der Waals surface area contributed by atoms with Crippen molar-refractivity contribution in [1.82, 2.24) is 40.0 Å². The molecule has 0 atom stereocenters. The van der Waals surface area contributed by atoms with Crippen molar-refractivity contribution in [3.8, 4) is 33.8 Å². The number of nitrogens with one attached hydrogen (secondary N) is 2. The number of alkyl halides is 2. The largest absolute Gasteiger partial charge is 0.321 e. The van der Waals surface area contributed by atoms with Crippen LogP contribution in [-0.2, 0) is 6.54 Å². The Balaban J connectivity index is 1.24. The standard InChI is InChI=1S/C26H20F2N8S/c27-26(28)3-5-36(14-26)12-15-7-17(10-29-9-15)18-8-20-22(34-35-23(20)31-11-18)25-32-21-19(16-2-6-37-13-16)1-4-30-24(21)33-25/h1-2,4,6-11,13H,3,5,12,14H2,(H,30,32,33)(H,31,34,35). The Labute approximate surface area is 213 Å². The molecule has 1 saturated heterocycles. The molecule has 1 fully saturated rings. The lowest BCUT2D eigenvalue weighted by Crippen LogP contribution is -2.24. The summed E-state index contributed by atoms with van der Waals surface area (Å²) in [6.45, 7) is 0.592. The Morgan fingerprint density at radius 3 is 2.78 bits per heavy atom. The Morgan fingerprint density at radius 1 is 1.03 bits per heavy atom. The van der Waals surface area contributed by atoms with Crippen LogP contribution < -0.4 is 0 Å². The lowest BCUT2D eigenvalue weighted by Gasteiger charge is -2.15.